The monoisotopic (exact) mass is 334 g/mol. The van der Waals surface area contributed by atoms with Crippen LogP contribution < -0.4 is 16.6 Å². The van der Waals surface area contributed by atoms with E-state index in [2.05, 4.69) is 15.3 Å². The molecule has 1 aliphatic rings. The number of aliphatic hydroxyl groups excluding tert-OH is 4. The van der Waals surface area contributed by atoms with Gasteiger partial charge in [0.2, 0.25) is 0 Å². The SMILES string of the molecule is CSc1nc(N[C@H]2O[C@@H](CO)[C@@H](O)[C@@H](O)[C@H]2O)c(N)c(=O)[nH]1. The van der Waals surface area contributed by atoms with Crippen molar-refractivity contribution in [2.24, 2.45) is 0 Å². The number of aliphatic hydroxyl groups is 4. The molecule has 1 aliphatic heterocycles. The second-order valence-electron chi connectivity index (χ2n) is 4.73. The van der Waals surface area contributed by atoms with Crippen LogP contribution in [0.3, 0.4) is 0 Å². The second-order valence-corrected chi connectivity index (χ2v) is 5.53. The first-order valence-electron chi connectivity index (χ1n) is 6.39. The van der Waals surface area contributed by atoms with Crippen LogP contribution in [0, 0.1) is 0 Å². The van der Waals surface area contributed by atoms with E-state index in [4.69, 9.17) is 15.6 Å². The van der Waals surface area contributed by atoms with E-state index < -0.39 is 42.8 Å². The minimum Gasteiger partial charge on any atom is -0.394 e. The summed E-state index contributed by atoms with van der Waals surface area (Å²) in [5.41, 5.74) is 4.84. The first-order valence-corrected chi connectivity index (χ1v) is 7.62. The van der Waals surface area contributed by atoms with Crippen molar-refractivity contribution in [3.63, 3.8) is 0 Å². The third-order valence-electron chi connectivity index (χ3n) is 3.30. The summed E-state index contributed by atoms with van der Waals surface area (Å²) in [6.45, 7) is -0.558. The van der Waals surface area contributed by atoms with Crippen LogP contribution >= 0.6 is 11.8 Å². The molecule has 5 atom stereocenters. The smallest absolute Gasteiger partial charge is 0.276 e. The summed E-state index contributed by atoms with van der Waals surface area (Å²) >= 11 is 1.18. The van der Waals surface area contributed by atoms with Gasteiger partial charge in [0, 0.05) is 0 Å². The fraction of sp³-hybridized carbons (Fsp3) is 0.636. The van der Waals surface area contributed by atoms with E-state index in [0.717, 1.165) is 0 Å². The van der Waals surface area contributed by atoms with E-state index in [1.807, 2.05) is 0 Å². The van der Waals surface area contributed by atoms with Crippen molar-refractivity contribution in [2.75, 3.05) is 23.9 Å². The Morgan fingerprint density at radius 3 is 2.64 bits per heavy atom. The Labute approximate surface area is 129 Å². The van der Waals surface area contributed by atoms with Crippen LogP contribution in [0.15, 0.2) is 9.95 Å². The summed E-state index contributed by atoms with van der Waals surface area (Å²) < 4.78 is 5.27. The Bertz CT molecular complexity index is 582. The molecular weight excluding hydrogens is 316 g/mol. The lowest BCUT2D eigenvalue weighted by atomic mass is 9.98. The van der Waals surface area contributed by atoms with E-state index in [-0.39, 0.29) is 11.5 Å². The number of nitrogens with one attached hydrogen (secondary N) is 2. The molecule has 0 bridgehead atoms. The zero-order valence-electron chi connectivity index (χ0n) is 11.6. The van der Waals surface area contributed by atoms with Gasteiger partial charge < -0.3 is 36.2 Å². The molecule has 10 nitrogen and oxygen atoms in total. The van der Waals surface area contributed by atoms with Gasteiger partial charge in [0.25, 0.3) is 5.56 Å². The summed E-state index contributed by atoms with van der Waals surface area (Å²) in [6.07, 6.45) is -5.08. The fourth-order valence-corrected chi connectivity index (χ4v) is 2.40. The van der Waals surface area contributed by atoms with Gasteiger partial charge in [0.05, 0.1) is 6.61 Å². The first-order chi connectivity index (χ1) is 10.4. The molecule has 11 heteroatoms. The molecule has 1 saturated heterocycles. The van der Waals surface area contributed by atoms with Gasteiger partial charge in [-0.05, 0) is 6.26 Å². The molecule has 0 saturated carbocycles. The molecule has 0 spiro atoms. The van der Waals surface area contributed by atoms with Gasteiger partial charge in [-0.2, -0.15) is 0 Å². The average molecular weight is 334 g/mol. The molecule has 1 aromatic heterocycles. The molecular formula is C11H18N4O6S. The first kappa shape index (κ1) is 17.0. The van der Waals surface area contributed by atoms with Gasteiger partial charge in [-0.1, -0.05) is 11.8 Å². The molecule has 2 rings (SSSR count). The maximum atomic E-state index is 11.7. The second kappa shape index (κ2) is 6.81. The Morgan fingerprint density at radius 1 is 1.36 bits per heavy atom. The molecule has 2 heterocycles. The summed E-state index contributed by atoms with van der Waals surface area (Å²) in [4.78, 5) is 18.2. The number of nitrogen functional groups attached to an aromatic ring is 1. The number of anilines is 2. The van der Waals surface area contributed by atoms with E-state index in [1.165, 1.54) is 11.8 Å². The number of hydrogen-bond acceptors (Lipinski definition) is 10. The number of nitrogens with zero attached hydrogens (tertiary/aromatic N) is 1. The summed E-state index contributed by atoms with van der Waals surface area (Å²) in [6, 6.07) is 0. The van der Waals surface area contributed by atoms with E-state index in [0.29, 0.717) is 5.16 Å². The van der Waals surface area contributed by atoms with Gasteiger partial charge in [-0.3, -0.25) is 9.78 Å². The van der Waals surface area contributed by atoms with Gasteiger partial charge in [0.15, 0.2) is 17.2 Å². The number of nitrogens with two attached hydrogens (primary N) is 1. The number of rotatable bonds is 4. The maximum Gasteiger partial charge on any atom is 0.276 e. The third kappa shape index (κ3) is 3.19. The van der Waals surface area contributed by atoms with Crippen molar-refractivity contribution in [2.45, 2.75) is 35.8 Å². The number of aromatic amines is 1. The number of aromatic nitrogens is 2. The van der Waals surface area contributed by atoms with E-state index in [1.54, 1.807) is 6.26 Å². The number of thioether (sulfide) groups is 1. The Morgan fingerprint density at radius 2 is 2.05 bits per heavy atom. The van der Waals surface area contributed by atoms with Crippen molar-refractivity contribution in [1.29, 1.82) is 0 Å². The number of H-pyrrole nitrogens is 1. The van der Waals surface area contributed by atoms with Gasteiger partial charge in [-0.25, -0.2) is 4.98 Å². The van der Waals surface area contributed by atoms with Crippen LogP contribution in [0.5, 0.6) is 0 Å². The summed E-state index contributed by atoms with van der Waals surface area (Å²) in [7, 11) is 0. The zero-order valence-corrected chi connectivity index (χ0v) is 12.4. The topological polar surface area (TPSA) is 174 Å². The molecule has 0 radical (unpaired) electrons. The van der Waals surface area contributed by atoms with Crippen LogP contribution in [0.2, 0.25) is 0 Å². The minimum atomic E-state index is -1.54. The quantitative estimate of drug-likeness (QED) is 0.226. The normalized spacial score (nSPS) is 32.0. The molecule has 124 valence electrons. The molecule has 0 aromatic carbocycles. The Kier molecular flexibility index (Phi) is 5.26. The minimum absolute atomic E-state index is 0.0302. The lowest BCUT2D eigenvalue weighted by Crippen LogP contribution is -2.60. The van der Waals surface area contributed by atoms with Gasteiger partial charge >= 0.3 is 0 Å². The molecule has 1 fully saturated rings. The van der Waals surface area contributed by atoms with E-state index in [9.17, 15) is 20.1 Å². The lowest BCUT2D eigenvalue weighted by Gasteiger charge is -2.40. The van der Waals surface area contributed by atoms with Crippen LogP contribution in [0.4, 0.5) is 11.5 Å². The van der Waals surface area contributed by atoms with Crippen molar-refractivity contribution in [3.8, 4) is 0 Å². The molecule has 1 aromatic rings. The van der Waals surface area contributed by atoms with Gasteiger partial charge in [-0.15, -0.1) is 0 Å². The van der Waals surface area contributed by atoms with Crippen LogP contribution in [0.25, 0.3) is 0 Å². The van der Waals surface area contributed by atoms with Crippen LogP contribution in [-0.4, -0.2) is 73.9 Å². The molecule has 0 unspecified atom stereocenters. The molecule has 22 heavy (non-hydrogen) atoms. The van der Waals surface area contributed by atoms with Gasteiger partial charge in [0.1, 0.15) is 30.1 Å². The third-order valence-corrected chi connectivity index (χ3v) is 3.88. The highest BCUT2D eigenvalue weighted by atomic mass is 32.2. The van der Waals surface area contributed by atoms with Crippen molar-refractivity contribution in [1.82, 2.24) is 9.97 Å². The average Bonchev–Trinajstić information content (AvgIpc) is 2.51. The van der Waals surface area contributed by atoms with Crippen LogP contribution in [0.1, 0.15) is 0 Å². The Balaban J connectivity index is 2.26. The highest BCUT2D eigenvalue weighted by Gasteiger charge is 2.43. The predicted octanol–water partition coefficient (Wildman–Crippen LogP) is -2.71. The molecule has 0 amide bonds. The van der Waals surface area contributed by atoms with Crippen molar-refractivity contribution < 1.29 is 25.2 Å². The van der Waals surface area contributed by atoms with E-state index >= 15 is 0 Å². The largest absolute Gasteiger partial charge is 0.394 e. The zero-order chi connectivity index (χ0) is 16.4. The lowest BCUT2D eigenvalue weighted by molar-refractivity contribution is -0.221. The predicted molar refractivity (Wildman–Crippen MR) is 78.4 cm³/mol. The molecule has 0 aliphatic carbocycles. The molecule has 8 N–H and O–H groups in total. The number of hydrogen-bond donors (Lipinski definition) is 7. The highest BCUT2D eigenvalue weighted by Crippen LogP contribution is 2.24. The standard InChI is InChI=1S/C11H18N4O6S/c1-22-11-14-8(4(12)9(20)15-11)13-10-7(19)6(18)5(17)3(2-16)21-10/h3,5-7,10,16-19H,2,12H2,1H3,(H2,13,14,15,20)/t3-,5+,6+,7+,10-/m0/s1. The van der Waals surface area contributed by atoms with Crippen LogP contribution in [-0.2, 0) is 4.74 Å². The number of ether oxygens (including phenoxy) is 1. The van der Waals surface area contributed by atoms with Crippen molar-refractivity contribution >= 4 is 23.3 Å². The fourth-order valence-electron chi connectivity index (χ4n) is 2.02. The summed E-state index contributed by atoms with van der Waals surface area (Å²) in [5.74, 6) is -0.0302. The Hall–Kier alpha value is -1.37. The summed E-state index contributed by atoms with van der Waals surface area (Å²) in [5, 5.41) is 41.4. The highest BCUT2D eigenvalue weighted by molar-refractivity contribution is 7.98. The maximum absolute atomic E-state index is 11.7. The van der Waals surface area contributed by atoms with Crippen molar-refractivity contribution in [3.05, 3.63) is 10.4 Å².